The molecule has 0 rings (SSSR count). The van der Waals surface area contributed by atoms with E-state index in [4.69, 9.17) is 4.74 Å². The Morgan fingerprint density at radius 2 is 2.11 bits per heavy atom. The van der Waals surface area contributed by atoms with Gasteiger partial charge in [0.2, 0.25) is 0 Å². The molecule has 0 aromatic heterocycles. The van der Waals surface area contributed by atoms with E-state index in [0.29, 0.717) is 6.61 Å². The fourth-order valence-electron chi connectivity index (χ4n) is 1.75. The maximum absolute atomic E-state index is 5.30. The smallest absolute Gasteiger partial charge is 0.193 e. The third-order valence-electron chi connectivity index (χ3n) is 2.80. The summed E-state index contributed by atoms with van der Waals surface area (Å²) in [5.74, 6) is 0.978. The maximum Gasteiger partial charge on any atom is 0.193 e. The molecule has 0 radical (unpaired) electrons. The molecule has 112 valence electrons. The highest BCUT2D eigenvalue weighted by Gasteiger charge is 2.04. The van der Waals surface area contributed by atoms with Crippen LogP contribution in [-0.4, -0.2) is 50.8 Å². The maximum atomic E-state index is 5.30. The van der Waals surface area contributed by atoms with Crippen LogP contribution in [0, 0.1) is 0 Å². The molecule has 1 N–H and O–H groups in total. The van der Waals surface area contributed by atoms with E-state index < -0.39 is 0 Å². The first-order chi connectivity index (χ1) is 9.26. The molecule has 0 saturated heterocycles. The summed E-state index contributed by atoms with van der Waals surface area (Å²) < 4.78 is 5.30. The van der Waals surface area contributed by atoms with E-state index in [0.717, 1.165) is 38.6 Å². The van der Waals surface area contributed by atoms with E-state index in [9.17, 15) is 0 Å². The molecular weight excluding hydrogens is 238 g/mol. The van der Waals surface area contributed by atoms with Crippen molar-refractivity contribution in [2.75, 3.05) is 39.9 Å². The summed E-state index contributed by atoms with van der Waals surface area (Å²) in [6, 6.07) is 0. The van der Waals surface area contributed by atoms with Gasteiger partial charge in [0.1, 0.15) is 0 Å². The summed E-state index contributed by atoms with van der Waals surface area (Å²) in [5, 5.41) is 3.32. The Bertz CT molecular complexity index is 242. The highest BCUT2D eigenvalue weighted by Crippen LogP contribution is 2.01. The lowest BCUT2D eigenvalue weighted by molar-refractivity contribution is 0.155. The van der Waals surface area contributed by atoms with Gasteiger partial charge in [0.25, 0.3) is 0 Å². The van der Waals surface area contributed by atoms with Gasteiger partial charge in [-0.2, -0.15) is 0 Å². The van der Waals surface area contributed by atoms with Gasteiger partial charge < -0.3 is 15.0 Å². The van der Waals surface area contributed by atoms with Crippen molar-refractivity contribution in [3.05, 3.63) is 12.7 Å². The number of rotatable bonds is 11. The van der Waals surface area contributed by atoms with Crippen LogP contribution in [0.25, 0.3) is 0 Å². The van der Waals surface area contributed by atoms with Gasteiger partial charge in [0, 0.05) is 26.7 Å². The van der Waals surface area contributed by atoms with Crippen LogP contribution in [-0.2, 0) is 4.74 Å². The number of hydrogen-bond acceptors (Lipinski definition) is 2. The lowest BCUT2D eigenvalue weighted by Gasteiger charge is -2.22. The molecule has 0 bridgehead atoms. The Morgan fingerprint density at radius 3 is 2.74 bits per heavy atom. The highest BCUT2D eigenvalue weighted by atomic mass is 16.5. The number of nitrogens with one attached hydrogen (secondary N) is 1. The Kier molecular flexibility index (Phi) is 12.7. The van der Waals surface area contributed by atoms with Crippen molar-refractivity contribution in [2.45, 2.75) is 39.5 Å². The summed E-state index contributed by atoms with van der Waals surface area (Å²) in [6.07, 6.45) is 6.78. The van der Waals surface area contributed by atoms with E-state index in [1.54, 1.807) is 0 Å². The van der Waals surface area contributed by atoms with Gasteiger partial charge in [-0.3, -0.25) is 4.99 Å². The van der Waals surface area contributed by atoms with Gasteiger partial charge in [-0.15, -0.1) is 6.58 Å². The molecule has 0 amide bonds. The molecule has 0 aromatic rings. The topological polar surface area (TPSA) is 36.9 Å². The van der Waals surface area contributed by atoms with Crippen molar-refractivity contribution in [3.63, 3.8) is 0 Å². The molecule has 0 spiro atoms. The molecule has 0 atom stereocenters. The molecule has 0 saturated carbocycles. The van der Waals surface area contributed by atoms with Gasteiger partial charge in [0.15, 0.2) is 5.96 Å². The zero-order chi connectivity index (χ0) is 14.3. The Balaban J connectivity index is 3.94. The second kappa shape index (κ2) is 13.4. The Morgan fingerprint density at radius 1 is 1.32 bits per heavy atom. The minimum Gasteiger partial charge on any atom is -0.380 e. The standard InChI is InChI=1S/C15H31N3O/c1-5-8-9-10-11-13-18(4)15(16-6-2)17-12-14-19-7-3/h5H,1,6-14H2,2-4H3,(H,16,17). The van der Waals surface area contributed by atoms with Crippen molar-refractivity contribution in [3.8, 4) is 0 Å². The van der Waals surface area contributed by atoms with Crippen LogP contribution >= 0.6 is 0 Å². The van der Waals surface area contributed by atoms with E-state index in [1.165, 1.54) is 19.3 Å². The predicted molar refractivity (Wildman–Crippen MR) is 83.8 cm³/mol. The average Bonchev–Trinajstić information content (AvgIpc) is 2.42. The molecular formula is C15H31N3O. The fraction of sp³-hybridized carbons (Fsp3) is 0.800. The highest BCUT2D eigenvalue weighted by molar-refractivity contribution is 5.79. The van der Waals surface area contributed by atoms with Crippen molar-refractivity contribution in [2.24, 2.45) is 4.99 Å². The molecule has 4 nitrogen and oxygen atoms in total. The summed E-state index contributed by atoms with van der Waals surface area (Å²) in [6.45, 7) is 11.9. The first kappa shape index (κ1) is 18.0. The molecule has 19 heavy (non-hydrogen) atoms. The zero-order valence-corrected chi connectivity index (χ0v) is 13.0. The number of unbranched alkanes of at least 4 members (excludes halogenated alkanes) is 3. The first-order valence-corrected chi connectivity index (χ1v) is 7.44. The average molecular weight is 269 g/mol. The third-order valence-corrected chi connectivity index (χ3v) is 2.80. The number of aliphatic imine (C=N–C) groups is 1. The van der Waals surface area contributed by atoms with E-state index in [-0.39, 0.29) is 0 Å². The van der Waals surface area contributed by atoms with Gasteiger partial charge >= 0.3 is 0 Å². The van der Waals surface area contributed by atoms with Crippen LogP contribution in [0.5, 0.6) is 0 Å². The molecule has 4 heteroatoms. The third kappa shape index (κ3) is 10.6. The molecule has 0 aromatic carbocycles. The predicted octanol–water partition coefficient (Wildman–Crippen LogP) is 2.67. The largest absolute Gasteiger partial charge is 0.380 e. The molecule has 0 fully saturated rings. The monoisotopic (exact) mass is 269 g/mol. The summed E-state index contributed by atoms with van der Waals surface area (Å²) in [7, 11) is 2.09. The summed E-state index contributed by atoms with van der Waals surface area (Å²) >= 11 is 0. The lowest BCUT2D eigenvalue weighted by atomic mass is 10.2. The van der Waals surface area contributed by atoms with E-state index in [2.05, 4.69) is 35.8 Å². The lowest BCUT2D eigenvalue weighted by Crippen LogP contribution is -2.39. The van der Waals surface area contributed by atoms with Gasteiger partial charge in [0.05, 0.1) is 13.2 Å². The molecule has 0 aliphatic heterocycles. The number of ether oxygens (including phenoxy) is 1. The van der Waals surface area contributed by atoms with Crippen LogP contribution < -0.4 is 5.32 Å². The first-order valence-electron chi connectivity index (χ1n) is 7.44. The number of nitrogens with zero attached hydrogens (tertiary/aromatic N) is 2. The van der Waals surface area contributed by atoms with Crippen LogP contribution in [0.1, 0.15) is 39.5 Å². The molecule has 0 unspecified atom stereocenters. The van der Waals surface area contributed by atoms with Gasteiger partial charge in [-0.1, -0.05) is 12.5 Å². The van der Waals surface area contributed by atoms with Gasteiger partial charge in [-0.25, -0.2) is 0 Å². The Labute approximate surface area is 118 Å². The quantitative estimate of drug-likeness (QED) is 0.271. The summed E-state index contributed by atoms with van der Waals surface area (Å²) in [5.41, 5.74) is 0. The normalized spacial score (nSPS) is 11.4. The zero-order valence-electron chi connectivity index (χ0n) is 13.0. The molecule has 0 heterocycles. The van der Waals surface area contributed by atoms with Crippen molar-refractivity contribution >= 4 is 5.96 Å². The van der Waals surface area contributed by atoms with E-state index in [1.807, 2.05) is 13.0 Å². The van der Waals surface area contributed by atoms with Crippen LogP contribution in [0.4, 0.5) is 0 Å². The van der Waals surface area contributed by atoms with Crippen LogP contribution in [0.3, 0.4) is 0 Å². The van der Waals surface area contributed by atoms with Crippen molar-refractivity contribution in [1.82, 2.24) is 10.2 Å². The Hall–Kier alpha value is -1.03. The molecule has 0 aliphatic rings. The van der Waals surface area contributed by atoms with Crippen LogP contribution in [0.15, 0.2) is 17.6 Å². The number of allylic oxidation sites excluding steroid dienone is 1. The second-order valence-electron chi connectivity index (χ2n) is 4.49. The summed E-state index contributed by atoms with van der Waals surface area (Å²) in [4.78, 5) is 6.75. The number of guanidine groups is 1. The minimum absolute atomic E-state index is 0.693. The molecule has 0 aliphatic carbocycles. The second-order valence-corrected chi connectivity index (χ2v) is 4.49. The van der Waals surface area contributed by atoms with Crippen molar-refractivity contribution < 1.29 is 4.74 Å². The fourth-order valence-corrected chi connectivity index (χ4v) is 1.75. The van der Waals surface area contributed by atoms with E-state index >= 15 is 0 Å². The SMILES string of the molecule is C=CCCCCCN(C)C(=NCCOCC)NCC. The number of hydrogen-bond donors (Lipinski definition) is 1. The van der Waals surface area contributed by atoms with Gasteiger partial charge in [-0.05, 0) is 33.1 Å². The van der Waals surface area contributed by atoms with Crippen molar-refractivity contribution in [1.29, 1.82) is 0 Å². The minimum atomic E-state index is 0.693. The van der Waals surface area contributed by atoms with Crippen LogP contribution in [0.2, 0.25) is 0 Å².